The Morgan fingerprint density at radius 3 is 3.08 bits per heavy atom. The fourth-order valence-electron chi connectivity index (χ4n) is 3.34. The number of aryl methyl sites for hydroxylation is 1. The van der Waals surface area contributed by atoms with Gasteiger partial charge in [-0.25, -0.2) is 14.3 Å². The first-order chi connectivity index (χ1) is 11.7. The highest BCUT2D eigenvalue weighted by Crippen LogP contribution is 2.40. The minimum Gasteiger partial charge on any atom is -0.310 e. The Morgan fingerprint density at radius 1 is 1.38 bits per heavy atom. The summed E-state index contributed by atoms with van der Waals surface area (Å²) in [5.41, 5.74) is 0. The number of fused-ring (bicyclic) bond motifs is 1. The van der Waals surface area contributed by atoms with E-state index in [1.807, 2.05) is 15.4 Å². The molecule has 2 atom stereocenters. The summed E-state index contributed by atoms with van der Waals surface area (Å²) in [6.45, 7) is 3.22. The molecule has 0 aromatic carbocycles. The molecule has 24 heavy (non-hydrogen) atoms. The summed E-state index contributed by atoms with van der Waals surface area (Å²) in [6.07, 6.45) is 7.71. The number of hydrogen-bond donors (Lipinski definition) is 2. The minimum absolute atomic E-state index is 0.0378. The Balaban J connectivity index is 1.29. The van der Waals surface area contributed by atoms with Crippen LogP contribution in [0.2, 0.25) is 0 Å². The zero-order valence-corrected chi connectivity index (χ0v) is 13.9. The Morgan fingerprint density at radius 2 is 2.25 bits per heavy atom. The van der Waals surface area contributed by atoms with Gasteiger partial charge in [-0.05, 0) is 32.1 Å². The Bertz CT molecular complexity index is 718. The maximum absolute atomic E-state index is 12.3. The van der Waals surface area contributed by atoms with Crippen molar-refractivity contribution in [3.05, 3.63) is 24.4 Å². The van der Waals surface area contributed by atoms with Crippen molar-refractivity contribution in [3.63, 3.8) is 0 Å². The molecule has 2 aromatic heterocycles. The Hall–Kier alpha value is -2.22. The molecule has 1 aliphatic carbocycles. The van der Waals surface area contributed by atoms with E-state index in [9.17, 15) is 4.79 Å². The van der Waals surface area contributed by atoms with E-state index in [2.05, 4.69) is 32.7 Å². The van der Waals surface area contributed by atoms with Crippen LogP contribution in [0.25, 0.3) is 0 Å². The van der Waals surface area contributed by atoms with Gasteiger partial charge in [0.25, 0.3) is 0 Å². The molecule has 0 unspecified atom stereocenters. The molecular formula is C16H23N7O. The maximum Gasteiger partial charge on any atom is 0.239 e. The highest BCUT2D eigenvalue weighted by atomic mass is 16.2. The standard InChI is InChI=1S/C16H23N7O/c1-11(12-2-3-12)23-15(6-7-19-23)21-16(24)8-17-13-4-5-14-18-10-20-22(14)9-13/h6-7,10-13,17H,2-5,8-9H2,1H3,(H,21,24)/t11-,13+/m0/s1. The van der Waals surface area contributed by atoms with E-state index in [1.54, 1.807) is 12.5 Å². The molecule has 1 fully saturated rings. The van der Waals surface area contributed by atoms with Gasteiger partial charge in [0.05, 0.1) is 25.3 Å². The largest absolute Gasteiger partial charge is 0.310 e. The molecule has 1 saturated carbocycles. The van der Waals surface area contributed by atoms with Crippen molar-refractivity contribution in [1.82, 2.24) is 29.9 Å². The number of nitrogens with zero attached hydrogens (tertiary/aromatic N) is 5. The summed E-state index contributed by atoms with van der Waals surface area (Å²) in [6, 6.07) is 2.45. The third kappa shape index (κ3) is 3.19. The van der Waals surface area contributed by atoms with Crippen LogP contribution >= 0.6 is 0 Å². The quantitative estimate of drug-likeness (QED) is 0.825. The van der Waals surface area contributed by atoms with Crippen LogP contribution in [0.15, 0.2) is 18.6 Å². The van der Waals surface area contributed by atoms with Crippen LogP contribution in [0.4, 0.5) is 5.82 Å². The molecule has 4 rings (SSSR count). The molecule has 8 heteroatoms. The molecule has 1 aliphatic heterocycles. The molecule has 8 nitrogen and oxygen atoms in total. The molecule has 1 amide bonds. The zero-order chi connectivity index (χ0) is 16.5. The number of anilines is 1. The lowest BCUT2D eigenvalue weighted by Gasteiger charge is -2.23. The van der Waals surface area contributed by atoms with Gasteiger partial charge in [-0.1, -0.05) is 0 Å². The van der Waals surface area contributed by atoms with Gasteiger partial charge >= 0.3 is 0 Å². The molecule has 0 radical (unpaired) electrons. The van der Waals surface area contributed by atoms with E-state index >= 15 is 0 Å². The Kier molecular flexibility index (Phi) is 4.05. The predicted molar refractivity (Wildman–Crippen MR) is 88.4 cm³/mol. The summed E-state index contributed by atoms with van der Waals surface area (Å²) in [7, 11) is 0. The number of hydrogen-bond acceptors (Lipinski definition) is 5. The number of carbonyl (C=O) groups is 1. The number of rotatable bonds is 6. The van der Waals surface area contributed by atoms with Gasteiger partial charge in [-0.2, -0.15) is 10.2 Å². The second kappa shape index (κ2) is 6.35. The van der Waals surface area contributed by atoms with Crippen molar-refractivity contribution in [1.29, 1.82) is 0 Å². The normalized spacial score (nSPS) is 21.3. The number of aromatic nitrogens is 5. The molecule has 0 saturated heterocycles. The third-order valence-corrected chi connectivity index (χ3v) is 4.98. The van der Waals surface area contributed by atoms with E-state index in [0.29, 0.717) is 12.0 Å². The average Bonchev–Trinajstić information content (AvgIpc) is 3.16. The first kappa shape index (κ1) is 15.3. The van der Waals surface area contributed by atoms with E-state index in [1.165, 1.54) is 12.8 Å². The minimum atomic E-state index is -0.0378. The van der Waals surface area contributed by atoms with Crippen molar-refractivity contribution in [3.8, 4) is 0 Å². The summed E-state index contributed by atoms with van der Waals surface area (Å²) >= 11 is 0. The highest BCUT2D eigenvalue weighted by molar-refractivity contribution is 5.91. The van der Waals surface area contributed by atoms with Crippen LogP contribution in [0.1, 0.15) is 38.1 Å². The molecule has 0 spiro atoms. The second-order valence-corrected chi connectivity index (χ2v) is 6.76. The molecule has 3 heterocycles. The average molecular weight is 329 g/mol. The van der Waals surface area contributed by atoms with Crippen LogP contribution in [-0.4, -0.2) is 43.0 Å². The molecular weight excluding hydrogens is 306 g/mol. The monoisotopic (exact) mass is 329 g/mol. The van der Waals surface area contributed by atoms with Gasteiger partial charge in [-0.3, -0.25) is 4.79 Å². The van der Waals surface area contributed by atoms with Gasteiger partial charge < -0.3 is 10.6 Å². The third-order valence-electron chi connectivity index (χ3n) is 4.98. The topological polar surface area (TPSA) is 89.7 Å². The SMILES string of the molecule is C[C@@H](C1CC1)n1nccc1NC(=O)CN[C@@H]1CCc2ncnn2C1. The number of carbonyl (C=O) groups excluding carboxylic acids is 1. The summed E-state index contributed by atoms with van der Waals surface area (Å²) in [5, 5.41) is 14.9. The van der Waals surface area contributed by atoms with Crippen molar-refractivity contribution in [2.45, 2.75) is 51.2 Å². The number of amides is 1. The van der Waals surface area contributed by atoms with Crippen LogP contribution in [0.3, 0.4) is 0 Å². The summed E-state index contributed by atoms with van der Waals surface area (Å²) in [4.78, 5) is 16.5. The molecule has 128 valence electrons. The summed E-state index contributed by atoms with van der Waals surface area (Å²) < 4.78 is 3.84. The second-order valence-electron chi connectivity index (χ2n) is 6.76. The van der Waals surface area contributed by atoms with E-state index in [4.69, 9.17) is 0 Å². The van der Waals surface area contributed by atoms with Crippen molar-refractivity contribution in [2.24, 2.45) is 5.92 Å². The lowest BCUT2D eigenvalue weighted by Crippen LogP contribution is -2.41. The van der Waals surface area contributed by atoms with E-state index in [0.717, 1.165) is 31.0 Å². The lowest BCUT2D eigenvalue weighted by atomic mass is 10.1. The van der Waals surface area contributed by atoms with Gasteiger partial charge in [0.15, 0.2) is 0 Å². The molecule has 2 aromatic rings. The fraction of sp³-hybridized carbons (Fsp3) is 0.625. The Labute approximate surface area is 140 Å². The van der Waals surface area contributed by atoms with Crippen LogP contribution in [0, 0.1) is 5.92 Å². The van der Waals surface area contributed by atoms with Gasteiger partial charge in [-0.15, -0.1) is 0 Å². The number of nitrogens with one attached hydrogen (secondary N) is 2. The van der Waals surface area contributed by atoms with Crippen LogP contribution in [0.5, 0.6) is 0 Å². The van der Waals surface area contributed by atoms with E-state index in [-0.39, 0.29) is 18.5 Å². The first-order valence-electron chi connectivity index (χ1n) is 8.64. The molecule has 0 bridgehead atoms. The van der Waals surface area contributed by atoms with Gasteiger partial charge in [0.1, 0.15) is 18.0 Å². The molecule has 2 aliphatic rings. The predicted octanol–water partition coefficient (Wildman–Crippen LogP) is 0.989. The van der Waals surface area contributed by atoms with Crippen LogP contribution in [-0.2, 0) is 17.8 Å². The van der Waals surface area contributed by atoms with Crippen LogP contribution < -0.4 is 10.6 Å². The first-order valence-corrected chi connectivity index (χ1v) is 8.64. The highest BCUT2D eigenvalue weighted by Gasteiger charge is 2.30. The molecule has 2 N–H and O–H groups in total. The van der Waals surface area contributed by atoms with Crippen molar-refractivity contribution >= 4 is 11.7 Å². The smallest absolute Gasteiger partial charge is 0.239 e. The zero-order valence-electron chi connectivity index (χ0n) is 13.9. The van der Waals surface area contributed by atoms with Gasteiger partial charge in [0, 0.05) is 18.5 Å². The lowest BCUT2D eigenvalue weighted by molar-refractivity contribution is -0.115. The summed E-state index contributed by atoms with van der Waals surface area (Å²) in [5.74, 6) is 2.46. The van der Waals surface area contributed by atoms with E-state index < -0.39 is 0 Å². The van der Waals surface area contributed by atoms with Crippen molar-refractivity contribution in [2.75, 3.05) is 11.9 Å². The fourth-order valence-corrected chi connectivity index (χ4v) is 3.34. The maximum atomic E-state index is 12.3. The van der Waals surface area contributed by atoms with Crippen molar-refractivity contribution < 1.29 is 4.79 Å². The van der Waals surface area contributed by atoms with Gasteiger partial charge in [0.2, 0.25) is 5.91 Å².